The number of hydrogen-bond acceptors (Lipinski definition) is 6. The fourth-order valence-corrected chi connectivity index (χ4v) is 3.08. The SMILES string of the molecule is COC(=O)C1=C(C)N(c2ccc([N+](=O)[O-])cc2)C(=O)/C1=C\c1ccc(OC)cc1. The van der Waals surface area contributed by atoms with Gasteiger partial charge in [-0.05, 0) is 42.8 Å². The smallest absolute Gasteiger partial charge is 0.340 e. The van der Waals surface area contributed by atoms with Crippen molar-refractivity contribution in [1.82, 2.24) is 0 Å². The van der Waals surface area contributed by atoms with Crippen molar-refractivity contribution >= 4 is 29.3 Å². The number of ether oxygens (including phenoxy) is 2. The first-order valence-corrected chi connectivity index (χ1v) is 8.61. The fourth-order valence-electron chi connectivity index (χ4n) is 3.08. The summed E-state index contributed by atoms with van der Waals surface area (Å²) in [6, 6.07) is 12.5. The first-order chi connectivity index (χ1) is 13.9. The van der Waals surface area contributed by atoms with Crippen LogP contribution < -0.4 is 9.64 Å². The number of nitro groups is 1. The Balaban J connectivity index is 2.07. The number of non-ortho nitro benzene ring substituents is 1. The molecule has 0 bridgehead atoms. The van der Waals surface area contributed by atoms with Gasteiger partial charge in [0, 0.05) is 23.5 Å². The molecular weight excluding hydrogens is 376 g/mol. The van der Waals surface area contributed by atoms with Gasteiger partial charge >= 0.3 is 5.97 Å². The number of hydrogen-bond donors (Lipinski definition) is 0. The Labute approximate surface area is 166 Å². The van der Waals surface area contributed by atoms with Crippen LogP contribution in [0.15, 0.2) is 65.4 Å². The van der Waals surface area contributed by atoms with E-state index in [2.05, 4.69) is 0 Å². The minimum absolute atomic E-state index is 0.0933. The number of benzene rings is 2. The number of nitro benzene ring substituents is 1. The second-order valence-corrected chi connectivity index (χ2v) is 6.20. The average molecular weight is 394 g/mol. The monoisotopic (exact) mass is 394 g/mol. The van der Waals surface area contributed by atoms with Crippen molar-refractivity contribution in [1.29, 1.82) is 0 Å². The minimum Gasteiger partial charge on any atom is -0.497 e. The molecule has 0 atom stereocenters. The number of amides is 1. The van der Waals surface area contributed by atoms with Crippen LogP contribution in [-0.4, -0.2) is 31.0 Å². The Morgan fingerprint density at radius 1 is 1.07 bits per heavy atom. The van der Waals surface area contributed by atoms with Gasteiger partial charge in [0.2, 0.25) is 0 Å². The number of esters is 1. The molecule has 0 saturated heterocycles. The van der Waals surface area contributed by atoms with Crippen molar-refractivity contribution in [3.05, 3.63) is 81.1 Å². The van der Waals surface area contributed by atoms with E-state index in [1.165, 1.54) is 36.3 Å². The minimum atomic E-state index is -0.639. The lowest BCUT2D eigenvalue weighted by atomic mass is 10.0. The van der Waals surface area contributed by atoms with Gasteiger partial charge in [-0.25, -0.2) is 4.79 Å². The zero-order valence-electron chi connectivity index (χ0n) is 16.0. The molecule has 3 rings (SSSR count). The lowest BCUT2D eigenvalue weighted by Crippen LogP contribution is -2.24. The second-order valence-electron chi connectivity index (χ2n) is 6.20. The van der Waals surface area contributed by atoms with Gasteiger partial charge in [0.15, 0.2) is 0 Å². The molecule has 0 fully saturated rings. The number of anilines is 1. The van der Waals surface area contributed by atoms with Crippen molar-refractivity contribution in [2.24, 2.45) is 0 Å². The molecule has 1 aliphatic heterocycles. The van der Waals surface area contributed by atoms with E-state index in [0.717, 1.165) is 0 Å². The van der Waals surface area contributed by atoms with Crippen molar-refractivity contribution in [3.63, 3.8) is 0 Å². The second kappa shape index (κ2) is 7.97. The number of methoxy groups -OCH3 is 2. The first kappa shape index (κ1) is 19.8. The Kier molecular flexibility index (Phi) is 5.45. The molecule has 0 unspecified atom stereocenters. The van der Waals surface area contributed by atoms with Gasteiger partial charge < -0.3 is 9.47 Å². The number of nitrogens with zero attached hydrogens (tertiary/aromatic N) is 2. The molecule has 29 heavy (non-hydrogen) atoms. The van der Waals surface area contributed by atoms with Gasteiger partial charge in [0.25, 0.3) is 11.6 Å². The van der Waals surface area contributed by atoms with Crippen LogP contribution >= 0.6 is 0 Å². The van der Waals surface area contributed by atoms with Crippen molar-refractivity contribution < 1.29 is 24.0 Å². The predicted molar refractivity (Wildman–Crippen MR) is 106 cm³/mol. The maximum absolute atomic E-state index is 13.1. The lowest BCUT2D eigenvalue weighted by molar-refractivity contribution is -0.384. The maximum Gasteiger partial charge on any atom is 0.340 e. The van der Waals surface area contributed by atoms with Crippen molar-refractivity contribution in [2.45, 2.75) is 6.92 Å². The zero-order chi connectivity index (χ0) is 21.1. The molecule has 0 N–H and O–H groups in total. The molecule has 2 aromatic carbocycles. The van der Waals surface area contributed by atoms with E-state index in [1.54, 1.807) is 44.4 Å². The van der Waals surface area contributed by atoms with Crippen LogP contribution in [0.4, 0.5) is 11.4 Å². The largest absolute Gasteiger partial charge is 0.497 e. The highest BCUT2D eigenvalue weighted by Gasteiger charge is 2.38. The number of allylic oxidation sites excluding steroid dienone is 1. The summed E-state index contributed by atoms with van der Waals surface area (Å²) in [6.45, 7) is 1.63. The number of rotatable bonds is 5. The summed E-state index contributed by atoms with van der Waals surface area (Å²) < 4.78 is 9.99. The third-order valence-electron chi connectivity index (χ3n) is 4.54. The van der Waals surface area contributed by atoms with Crippen LogP contribution in [0.5, 0.6) is 5.75 Å². The summed E-state index contributed by atoms with van der Waals surface area (Å²) in [7, 11) is 2.80. The average Bonchev–Trinajstić information content (AvgIpc) is 2.97. The standard InChI is InChI=1S/C21H18N2O6/c1-13-19(21(25)29-3)18(12-14-4-10-17(28-2)11-5-14)20(24)22(13)15-6-8-16(9-7-15)23(26)27/h4-12H,1-3H3/b18-12-. The van der Waals surface area contributed by atoms with Gasteiger partial charge in [-0.15, -0.1) is 0 Å². The van der Waals surface area contributed by atoms with Crippen LogP contribution in [0.25, 0.3) is 6.08 Å². The molecule has 1 heterocycles. The molecular formula is C21H18N2O6. The number of carbonyl (C=O) groups excluding carboxylic acids is 2. The normalized spacial score (nSPS) is 15.1. The summed E-state index contributed by atoms with van der Waals surface area (Å²) in [6.07, 6.45) is 1.60. The first-order valence-electron chi connectivity index (χ1n) is 8.61. The van der Waals surface area contributed by atoms with Gasteiger partial charge in [0.05, 0.1) is 30.3 Å². The third-order valence-corrected chi connectivity index (χ3v) is 4.54. The molecule has 0 radical (unpaired) electrons. The molecule has 8 heteroatoms. The Morgan fingerprint density at radius 3 is 2.21 bits per heavy atom. The molecule has 0 spiro atoms. The van der Waals surface area contributed by atoms with E-state index in [9.17, 15) is 19.7 Å². The topological polar surface area (TPSA) is 99.0 Å². The Hall–Kier alpha value is -3.94. The van der Waals surface area contributed by atoms with Gasteiger partial charge in [-0.2, -0.15) is 0 Å². The summed E-state index contributed by atoms with van der Waals surface area (Å²) in [5.74, 6) is -0.398. The molecule has 1 aliphatic rings. The van der Waals surface area contributed by atoms with Gasteiger partial charge in [-0.3, -0.25) is 19.8 Å². The van der Waals surface area contributed by atoms with E-state index in [4.69, 9.17) is 9.47 Å². The van der Waals surface area contributed by atoms with E-state index in [-0.39, 0.29) is 16.8 Å². The predicted octanol–water partition coefficient (Wildman–Crippen LogP) is 3.48. The highest BCUT2D eigenvalue weighted by atomic mass is 16.6. The van der Waals surface area contributed by atoms with E-state index >= 15 is 0 Å². The third kappa shape index (κ3) is 3.73. The van der Waals surface area contributed by atoms with Crippen molar-refractivity contribution in [2.75, 3.05) is 19.1 Å². The lowest BCUT2D eigenvalue weighted by Gasteiger charge is -2.17. The molecule has 148 valence electrons. The van der Waals surface area contributed by atoms with Crippen molar-refractivity contribution in [3.8, 4) is 5.75 Å². The van der Waals surface area contributed by atoms with E-state index in [0.29, 0.717) is 22.7 Å². The Morgan fingerprint density at radius 2 is 1.69 bits per heavy atom. The number of carbonyl (C=O) groups is 2. The highest BCUT2D eigenvalue weighted by molar-refractivity contribution is 6.23. The van der Waals surface area contributed by atoms with Crippen LogP contribution in [-0.2, 0) is 14.3 Å². The molecule has 0 saturated carbocycles. The molecule has 2 aromatic rings. The summed E-state index contributed by atoms with van der Waals surface area (Å²) in [5, 5.41) is 10.9. The summed E-state index contributed by atoms with van der Waals surface area (Å²) in [5.41, 5.74) is 1.73. The quantitative estimate of drug-likeness (QED) is 0.333. The van der Waals surface area contributed by atoms with Crippen LogP contribution in [0, 0.1) is 10.1 Å². The molecule has 0 aliphatic carbocycles. The molecule has 1 amide bonds. The van der Waals surface area contributed by atoms with E-state index in [1.807, 2.05) is 0 Å². The molecule has 8 nitrogen and oxygen atoms in total. The summed E-state index contributed by atoms with van der Waals surface area (Å²) in [4.78, 5) is 37.2. The maximum atomic E-state index is 13.1. The zero-order valence-corrected chi connectivity index (χ0v) is 16.0. The molecule has 0 aromatic heterocycles. The van der Waals surface area contributed by atoms with Gasteiger partial charge in [-0.1, -0.05) is 12.1 Å². The van der Waals surface area contributed by atoms with E-state index < -0.39 is 16.8 Å². The van der Waals surface area contributed by atoms with Crippen LogP contribution in [0.1, 0.15) is 12.5 Å². The Bertz CT molecular complexity index is 1040. The summed E-state index contributed by atoms with van der Waals surface area (Å²) >= 11 is 0. The highest BCUT2D eigenvalue weighted by Crippen LogP contribution is 2.36. The fraction of sp³-hybridized carbons (Fsp3) is 0.143. The van der Waals surface area contributed by atoms with Crippen LogP contribution in [0.2, 0.25) is 0 Å². The van der Waals surface area contributed by atoms with Gasteiger partial charge in [0.1, 0.15) is 5.75 Å². The van der Waals surface area contributed by atoms with Crippen LogP contribution in [0.3, 0.4) is 0 Å².